The van der Waals surface area contributed by atoms with E-state index in [1.54, 1.807) is 0 Å². The molecule has 0 spiro atoms. The molecular weight excluding hydrogens is 216 g/mol. The molecule has 0 aromatic heterocycles. The average Bonchev–Trinajstić information content (AvgIpc) is 2.25. The molecule has 5 heteroatoms. The fourth-order valence-corrected chi connectivity index (χ4v) is 0.420. The number of thiol groups is 1. The smallest absolute Gasteiger partial charge is 0.341 e. The second kappa shape index (κ2) is 10.8. The van der Waals surface area contributed by atoms with E-state index in [1.165, 1.54) is 6.08 Å². The van der Waals surface area contributed by atoms with Crippen LogP contribution in [0.15, 0.2) is 25.3 Å². The molecule has 15 heavy (non-hydrogen) atoms. The Labute approximate surface area is 95.6 Å². The van der Waals surface area contributed by atoms with Crippen LogP contribution in [0.3, 0.4) is 0 Å². The molecular formula is C10H16O4S. The van der Waals surface area contributed by atoms with Crippen LogP contribution in [0.5, 0.6) is 0 Å². The third-order valence-electron chi connectivity index (χ3n) is 0.982. The van der Waals surface area contributed by atoms with Crippen molar-refractivity contribution >= 4 is 24.8 Å². The zero-order valence-corrected chi connectivity index (χ0v) is 9.83. The predicted molar refractivity (Wildman–Crippen MR) is 61.3 cm³/mol. The molecule has 0 aromatic rings. The van der Waals surface area contributed by atoms with Crippen LogP contribution in [0.2, 0.25) is 0 Å². The Morgan fingerprint density at radius 1 is 1.27 bits per heavy atom. The van der Waals surface area contributed by atoms with E-state index in [2.05, 4.69) is 30.3 Å². The van der Waals surface area contributed by atoms with Crippen LogP contribution in [-0.2, 0) is 18.5 Å². The van der Waals surface area contributed by atoms with Crippen LogP contribution in [0.25, 0.3) is 0 Å². The van der Waals surface area contributed by atoms with Crippen LogP contribution in [-0.4, -0.2) is 18.5 Å². The quantitative estimate of drug-likeness (QED) is 0.348. The van der Waals surface area contributed by atoms with Gasteiger partial charge in [0.2, 0.25) is 0 Å². The highest BCUT2D eigenvalue weighted by Crippen LogP contribution is 1.92. The van der Waals surface area contributed by atoms with Gasteiger partial charge in [0.05, 0.1) is 6.61 Å². The van der Waals surface area contributed by atoms with E-state index in [0.717, 1.165) is 6.08 Å². The first kappa shape index (κ1) is 16.2. The fourth-order valence-electron chi connectivity index (χ4n) is 0.345. The lowest BCUT2D eigenvalue weighted by Gasteiger charge is -2.02. The minimum atomic E-state index is -0.529. The van der Waals surface area contributed by atoms with Gasteiger partial charge in [-0.25, -0.2) is 9.59 Å². The van der Waals surface area contributed by atoms with Crippen LogP contribution < -0.4 is 0 Å². The number of ether oxygens (including phenoxy) is 1. The summed E-state index contributed by atoms with van der Waals surface area (Å²) in [4.78, 5) is 20.1. The zero-order valence-electron chi connectivity index (χ0n) is 8.93. The van der Waals surface area contributed by atoms with Gasteiger partial charge in [-0.2, -0.15) is 0 Å². The summed E-state index contributed by atoms with van der Waals surface area (Å²) >= 11 is 3.17. The topological polar surface area (TPSA) is 52.6 Å². The number of hydrogen-bond donors (Lipinski definition) is 1. The largest absolute Gasteiger partial charge is 0.462 e. The van der Waals surface area contributed by atoms with Crippen LogP contribution in [0.4, 0.5) is 0 Å². The molecule has 0 aromatic carbocycles. The van der Waals surface area contributed by atoms with Gasteiger partial charge in [0.1, 0.15) is 0 Å². The maximum absolute atomic E-state index is 10.4. The first-order valence-corrected chi connectivity index (χ1v) is 4.61. The molecule has 0 N–H and O–H groups in total. The van der Waals surface area contributed by atoms with Gasteiger partial charge in [0, 0.05) is 25.1 Å². The summed E-state index contributed by atoms with van der Waals surface area (Å²) in [7, 11) is 0. The monoisotopic (exact) mass is 232 g/mol. The zero-order chi connectivity index (χ0) is 12.3. The summed E-state index contributed by atoms with van der Waals surface area (Å²) in [5.41, 5.74) is 0. The van der Waals surface area contributed by atoms with Gasteiger partial charge in [0.25, 0.3) is 0 Å². The molecule has 0 unspecified atom stereocenters. The molecule has 0 amide bonds. The first-order chi connectivity index (χ1) is 6.97. The van der Waals surface area contributed by atoms with E-state index in [0.29, 0.717) is 12.5 Å². The van der Waals surface area contributed by atoms with Gasteiger partial charge in [-0.05, 0) is 5.92 Å². The van der Waals surface area contributed by atoms with Crippen LogP contribution >= 0.6 is 12.9 Å². The van der Waals surface area contributed by atoms with Gasteiger partial charge in [-0.1, -0.05) is 27.0 Å². The number of carbonyl (C=O) groups is 2. The summed E-state index contributed by atoms with van der Waals surface area (Å²) < 4.78 is 8.53. The Balaban J connectivity index is 0. The number of carbonyl (C=O) groups excluding carboxylic acids is 2. The van der Waals surface area contributed by atoms with E-state index >= 15 is 0 Å². The molecule has 0 bridgehead atoms. The van der Waals surface area contributed by atoms with Crippen molar-refractivity contribution in [1.82, 2.24) is 0 Å². The van der Waals surface area contributed by atoms with Gasteiger partial charge in [0.15, 0.2) is 0 Å². The molecule has 0 aliphatic rings. The lowest BCUT2D eigenvalue weighted by molar-refractivity contribution is -0.138. The lowest BCUT2D eigenvalue weighted by atomic mass is 10.2. The Morgan fingerprint density at radius 2 is 1.73 bits per heavy atom. The predicted octanol–water partition coefficient (Wildman–Crippen LogP) is 1.93. The van der Waals surface area contributed by atoms with E-state index in [4.69, 9.17) is 4.74 Å². The third kappa shape index (κ3) is 15.5. The molecule has 0 heterocycles. The van der Waals surface area contributed by atoms with Gasteiger partial charge in [-0.15, -0.1) is 0 Å². The van der Waals surface area contributed by atoms with Crippen molar-refractivity contribution in [2.75, 3.05) is 6.61 Å². The highest BCUT2D eigenvalue weighted by molar-refractivity contribution is 7.75. The molecule has 86 valence electrons. The van der Waals surface area contributed by atoms with Gasteiger partial charge >= 0.3 is 11.9 Å². The first-order valence-electron chi connectivity index (χ1n) is 4.24. The Morgan fingerprint density at radius 3 is 1.93 bits per heavy atom. The van der Waals surface area contributed by atoms with Crippen LogP contribution in [0, 0.1) is 5.92 Å². The normalized spacial score (nSPS) is 8.27. The molecule has 0 atom stereocenters. The van der Waals surface area contributed by atoms with Crippen LogP contribution in [0.1, 0.15) is 13.8 Å². The van der Waals surface area contributed by atoms with Crippen molar-refractivity contribution in [1.29, 1.82) is 0 Å². The number of rotatable bonds is 4. The van der Waals surface area contributed by atoms with Gasteiger partial charge < -0.3 is 8.92 Å². The molecule has 0 aliphatic carbocycles. The Bertz CT molecular complexity index is 223. The fraction of sp³-hybridized carbons (Fsp3) is 0.400. The summed E-state index contributed by atoms with van der Waals surface area (Å²) in [6.45, 7) is 10.8. The van der Waals surface area contributed by atoms with Crippen molar-refractivity contribution in [3.63, 3.8) is 0 Å². The second-order valence-electron chi connectivity index (χ2n) is 2.84. The van der Waals surface area contributed by atoms with Crippen molar-refractivity contribution in [3.8, 4) is 0 Å². The molecule has 0 radical (unpaired) electrons. The van der Waals surface area contributed by atoms with E-state index in [9.17, 15) is 9.59 Å². The van der Waals surface area contributed by atoms with Crippen molar-refractivity contribution in [2.45, 2.75) is 13.8 Å². The molecule has 0 rings (SSSR count). The minimum Gasteiger partial charge on any atom is -0.462 e. The summed E-state index contributed by atoms with van der Waals surface area (Å²) in [6.07, 6.45) is 2.20. The maximum atomic E-state index is 10.4. The maximum Gasteiger partial charge on any atom is 0.341 e. The standard InChI is InChI=1S/C7H12O2.C3H4O2S/c1-4-7(8)9-5-6(2)3;1-2-3(4)5-6/h4,6H,1,5H2,2-3H3;2,6H,1H2. The summed E-state index contributed by atoms with van der Waals surface area (Å²) in [6, 6.07) is 0. The molecule has 0 fully saturated rings. The SMILES string of the molecule is C=CC(=O)OCC(C)C.C=CC(=O)OS. The average molecular weight is 232 g/mol. The van der Waals surface area contributed by atoms with Gasteiger partial charge in [-0.3, -0.25) is 0 Å². The van der Waals surface area contributed by atoms with E-state index in [1.807, 2.05) is 13.8 Å². The van der Waals surface area contributed by atoms with Crippen molar-refractivity contribution < 1.29 is 18.5 Å². The highest BCUT2D eigenvalue weighted by atomic mass is 32.1. The molecule has 0 aliphatic heterocycles. The Hall–Kier alpha value is -1.23. The third-order valence-corrected chi connectivity index (χ3v) is 1.16. The number of hydrogen-bond acceptors (Lipinski definition) is 5. The molecule has 0 saturated carbocycles. The second-order valence-corrected chi connectivity index (χ2v) is 3.03. The minimum absolute atomic E-state index is 0.344. The Kier molecular flexibility index (Phi) is 11.7. The van der Waals surface area contributed by atoms with Crippen molar-refractivity contribution in [3.05, 3.63) is 25.3 Å². The molecule has 0 saturated heterocycles. The number of esters is 1. The molecule has 4 nitrogen and oxygen atoms in total. The summed E-state index contributed by atoms with van der Waals surface area (Å²) in [5, 5.41) is 0. The van der Waals surface area contributed by atoms with E-state index < -0.39 is 5.97 Å². The lowest BCUT2D eigenvalue weighted by Crippen LogP contribution is -2.06. The van der Waals surface area contributed by atoms with E-state index in [-0.39, 0.29) is 5.97 Å². The summed E-state index contributed by atoms with van der Waals surface area (Å²) in [5.74, 6) is -0.476. The van der Waals surface area contributed by atoms with Crippen molar-refractivity contribution in [2.24, 2.45) is 5.92 Å². The highest BCUT2D eigenvalue weighted by Gasteiger charge is 1.96.